The molecule has 4 rings (SSSR count). The summed E-state index contributed by atoms with van der Waals surface area (Å²) < 4.78 is 0. The summed E-state index contributed by atoms with van der Waals surface area (Å²) >= 11 is 0. The van der Waals surface area contributed by atoms with E-state index in [1.165, 1.54) is 12.8 Å². The molecular weight excluding hydrogens is 364 g/mol. The fourth-order valence-electron chi connectivity index (χ4n) is 3.99. The molecule has 29 heavy (non-hydrogen) atoms. The molecule has 1 N–H and O–H groups in total. The van der Waals surface area contributed by atoms with E-state index < -0.39 is 17.6 Å². The highest BCUT2D eigenvalue weighted by molar-refractivity contribution is 6.44. The molecule has 2 amide bonds. The van der Waals surface area contributed by atoms with Gasteiger partial charge in [-0.15, -0.1) is 0 Å². The summed E-state index contributed by atoms with van der Waals surface area (Å²) in [6.45, 7) is 8.22. The minimum Gasteiger partial charge on any atom is -0.502 e. The van der Waals surface area contributed by atoms with Crippen LogP contribution in [0.15, 0.2) is 48.2 Å². The highest BCUT2D eigenvalue weighted by atomic mass is 16.3. The first-order valence-corrected chi connectivity index (χ1v) is 10.1. The number of carbonyl (C=O) groups excluding carboxylic acids is 2. The average Bonchev–Trinajstić information content (AvgIpc) is 2.94. The van der Waals surface area contributed by atoms with E-state index in [1.807, 2.05) is 38.1 Å². The van der Waals surface area contributed by atoms with Crippen LogP contribution in [0.1, 0.15) is 36.5 Å². The number of hydrogen-bond acceptors (Lipinski definition) is 4. The van der Waals surface area contributed by atoms with E-state index >= 15 is 0 Å². The second-order valence-electron chi connectivity index (χ2n) is 8.15. The number of piperidine rings is 1. The van der Waals surface area contributed by atoms with Gasteiger partial charge < -0.3 is 10.0 Å². The van der Waals surface area contributed by atoms with Gasteiger partial charge in [0.05, 0.1) is 11.3 Å². The Hall–Kier alpha value is -3.08. The molecule has 0 aromatic heterocycles. The first-order chi connectivity index (χ1) is 13.9. The van der Waals surface area contributed by atoms with Crippen LogP contribution in [0.3, 0.4) is 0 Å². The molecule has 2 aliphatic heterocycles. The normalized spacial score (nSPS) is 18.2. The topological polar surface area (TPSA) is 60.9 Å². The maximum Gasteiger partial charge on any atom is 0.301 e. The van der Waals surface area contributed by atoms with Crippen molar-refractivity contribution in [3.63, 3.8) is 0 Å². The fourth-order valence-corrected chi connectivity index (χ4v) is 3.99. The van der Waals surface area contributed by atoms with Crippen molar-refractivity contribution in [2.45, 2.75) is 33.6 Å². The molecule has 2 aliphatic rings. The van der Waals surface area contributed by atoms with Gasteiger partial charge in [-0.2, -0.15) is 0 Å². The third-order valence-corrected chi connectivity index (χ3v) is 6.11. The summed E-state index contributed by atoms with van der Waals surface area (Å²) in [6.07, 6.45) is 2.34. The minimum absolute atomic E-state index is 0.0622. The molecule has 0 atom stereocenters. The maximum absolute atomic E-state index is 13.0. The molecule has 0 bridgehead atoms. The second-order valence-corrected chi connectivity index (χ2v) is 8.15. The van der Waals surface area contributed by atoms with E-state index in [9.17, 15) is 14.7 Å². The molecule has 1 saturated heterocycles. The fraction of sp³-hybridized carbons (Fsp3) is 0.333. The number of carbonyl (C=O) groups is 2. The average molecular weight is 390 g/mol. The van der Waals surface area contributed by atoms with Crippen molar-refractivity contribution in [2.24, 2.45) is 5.92 Å². The zero-order valence-electron chi connectivity index (χ0n) is 17.1. The van der Waals surface area contributed by atoms with Crippen LogP contribution in [0.2, 0.25) is 0 Å². The Labute approximate surface area is 171 Å². The zero-order valence-corrected chi connectivity index (χ0v) is 17.1. The lowest BCUT2D eigenvalue weighted by Crippen LogP contribution is -2.33. The number of imide groups is 1. The molecule has 5 heteroatoms. The molecule has 2 aromatic carbocycles. The Morgan fingerprint density at radius 2 is 1.48 bits per heavy atom. The van der Waals surface area contributed by atoms with Gasteiger partial charge in [0.1, 0.15) is 0 Å². The van der Waals surface area contributed by atoms with Gasteiger partial charge in [0, 0.05) is 18.8 Å². The van der Waals surface area contributed by atoms with E-state index in [0.29, 0.717) is 11.3 Å². The number of aliphatic hydroxyl groups is 1. The molecule has 0 radical (unpaired) electrons. The van der Waals surface area contributed by atoms with Gasteiger partial charge in [-0.05, 0) is 73.6 Å². The van der Waals surface area contributed by atoms with E-state index in [1.54, 1.807) is 18.2 Å². The molecule has 0 saturated carbocycles. The zero-order chi connectivity index (χ0) is 20.7. The monoisotopic (exact) mass is 390 g/mol. The van der Waals surface area contributed by atoms with Gasteiger partial charge in [0.15, 0.2) is 5.76 Å². The first-order valence-electron chi connectivity index (χ1n) is 10.1. The van der Waals surface area contributed by atoms with Crippen molar-refractivity contribution < 1.29 is 14.7 Å². The van der Waals surface area contributed by atoms with Crippen LogP contribution >= 0.6 is 0 Å². The Balaban J connectivity index is 1.59. The van der Waals surface area contributed by atoms with Crippen molar-refractivity contribution in [3.8, 4) is 0 Å². The quantitative estimate of drug-likeness (QED) is 0.790. The summed E-state index contributed by atoms with van der Waals surface area (Å²) in [5.74, 6) is -0.909. The molecule has 5 nitrogen and oxygen atoms in total. The van der Waals surface area contributed by atoms with E-state index in [0.717, 1.165) is 40.7 Å². The van der Waals surface area contributed by atoms with Crippen LogP contribution < -0.4 is 9.80 Å². The summed E-state index contributed by atoms with van der Waals surface area (Å²) in [6, 6.07) is 12.9. The summed E-state index contributed by atoms with van der Waals surface area (Å²) in [7, 11) is 0. The van der Waals surface area contributed by atoms with Gasteiger partial charge >= 0.3 is 5.91 Å². The summed E-state index contributed by atoms with van der Waals surface area (Å²) in [5.41, 5.74) is 4.27. The highest BCUT2D eigenvalue weighted by Gasteiger charge is 2.40. The van der Waals surface area contributed by atoms with E-state index in [2.05, 4.69) is 11.8 Å². The van der Waals surface area contributed by atoms with Crippen LogP contribution in [0, 0.1) is 19.8 Å². The number of benzene rings is 2. The van der Waals surface area contributed by atoms with Crippen molar-refractivity contribution in [3.05, 3.63) is 64.9 Å². The second kappa shape index (κ2) is 7.39. The largest absolute Gasteiger partial charge is 0.502 e. The lowest BCUT2D eigenvalue weighted by Gasteiger charge is -2.32. The molecule has 0 spiro atoms. The number of amides is 2. The first kappa shape index (κ1) is 19.2. The van der Waals surface area contributed by atoms with Crippen molar-refractivity contribution >= 4 is 28.8 Å². The highest BCUT2D eigenvalue weighted by Crippen LogP contribution is 2.33. The van der Waals surface area contributed by atoms with Crippen molar-refractivity contribution in [1.82, 2.24) is 0 Å². The molecule has 2 aromatic rings. The SMILES string of the molecule is Cc1ccc(C2=C(O)C(=O)N(c3ccc(N4CCC(C)CC4)cc3)C2=O)cc1C. The maximum atomic E-state index is 13.0. The Morgan fingerprint density at radius 3 is 2.10 bits per heavy atom. The van der Waals surface area contributed by atoms with E-state index in [4.69, 9.17) is 0 Å². The lowest BCUT2D eigenvalue weighted by molar-refractivity contribution is -0.121. The van der Waals surface area contributed by atoms with Crippen LogP contribution in [-0.4, -0.2) is 30.0 Å². The van der Waals surface area contributed by atoms with Gasteiger partial charge in [-0.25, -0.2) is 4.90 Å². The van der Waals surface area contributed by atoms with Crippen LogP contribution in [-0.2, 0) is 9.59 Å². The molecule has 0 aliphatic carbocycles. The smallest absolute Gasteiger partial charge is 0.301 e. The van der Waals surface area contributed by atoms with Crippen LogP contribution in [0.4, 0.5) is 11.4 Å². The molecular formula is C24H26N2O3. The van der Waals surface area contributed by atoms with Crippen molar-refractivity contribution in [2.75, 3.05) is 22.9 Å². The van der Waals surface area contributed by atoms with E-state index in [-0.39, 0.29) is 5.57 Å². The Bertz CT molecular complexity index is 999. The summed E-state index contributed by atoms with van der Waals surface area (Å²) in [4.78, 5) is 29.1. The number of hydrogen-bond donors (Lipinski definition) is 1. The third-order valence-electron chi connectivity index (χ3n) is 6.11. The number of nitrogens with zero attached hydrogens (tertiary/aromatic N) is 2. The van der Waals surface area contributed by atoms with Gasteiger partial charge in [-0.1, -0.05) is 25.1 Å². The molecule has 150 valence electrons. The Kier molecular flexibility index (Phi) is 4.91. The third kappa shape index (κ3) is 3.41. The lowest BCUT2D eigenvalue weighted by atomic mass is 9.99. The number of rotatable bonds is 3. The van der Waals surface area contributed by atoms with Crippen LogP contribution in [0.5, 0.6) is 0 Å². The predicted octanol–water partition coefficient (Wildman–Crippen LogP) is 4.38. The summed E-state index contributed by atoms with van der Waals surface area (Å²) in [5, 5.41) is 10.4. The van der Waals surface area contributed by atoms with Gasteiger partial charge in [-0.3, -0.25) is 9.59 Å². The Morgan fingerprint density at radius 1 is 0.862 bits per heavy atom. The standard InChI is InChI=1S/C24H26N2O3/c1-15-10-12-25(13-11-15)19-6-8-20(9-7-19)26-23(28)21(22(27)24(26)29)18-5-4-16(2)17(3)14-18/h4-9,14-15,27H,10-13H2,1-3H3. The molecule has 2 heterocycles. The van der Waals surface area contributed by atoms with Crippen molar-refractivity contribution in [1.29, 1.82) is 0 Å². The van der Waals surface area contributed by atoms with Crippen LogP contribution in [0.25, 0.3) is 5.57 Å². The number of aryl methyl sites for hydroxylation is 2. The minimum atomic E-state index is -0.678. The number of aliphatic hydroxyl groups excluding tert-OH is 1. The number of anilines is 2. The predicted molar refractivity (Wildman–Crippen MR) is 115 cm³/mol. The van der Waals surface area contributed by atoms with Gasteiger partial charge in [0.2, 0.25) is 0 Å². The molecule has 0 unspecified atom stereocenters. The molecule has 1 fully saturated rings. The van der Waals surface area contributed by atoms with Gasteiger partial charge in [0.25, 0.3) is 5.91 Å².